The van der Waals surface area contributed by atoms with Gasteiger partial charge in [0.2, 0.25) is 0 Å². The van der Waals surface area contributed by atoms with Crippen LogP contribution in [-0.2, 0) is 19.1 Å². The number of ketones is 2. The van der Waals surface area contributed by atoms with E-state index in [1.807, 2.05) is 6.08 Å². The Labute approximate surface area is 192 Å². The highest BCUT2D eigenvalue weighted by atomic mass is 16.6. The van der Waals surface area contributed by atoms with Gasteiger partial charge in [-0.1, -0.05) is 25.8 Å². The molecule has 0 spiro atoms. The van der Waals surface area contributed by atoms with E-state index in [1.165, 1.54) is 5.57 Å². The third kappa shape index (κ3) is 3.59. The Kier molecular flexibility index (Phi) is 6.43. The van der Waals surface area contributed by atoms with Crippen LogP contribution in [0.3, 0.4) is 0 Å². The quantitative estimate of drug-likeness (QED) is 0.444. The van der Waals surface area contributed by atoms with Crippen molar-refractivity contribution in [3.8, 4) is 0 Å². The maximum atomic E-state index is 13.1. The number of aliphatic hydroxyl groups is 1. The average Bonchev–Trinajstić information content (AvgIpc) is 3.05. The summed E-state index contributed by atoms with van der Waals surface area (Å²) in [5.74, 6) is 1.45. The van der Waals surface area contributed by atoms with E-state index >= 15 is 0 Å². The molecule has 4 aliphatic carbocycles. The Morgan fingerprint density at radius 3 is 2.50 bits per heavy atom. The molecule has 0 radical (unpaired) electrons. The lowest BCUT2D eigenvalue weighted by Gasteiger charge is -2.59. The summed E-state index contributed by atoms with van der Waals surface area (Å²) in [5, 5.41) is 8.96. The first kappa shape index (κ1) is 23.7. The van der Waals surface area contributed by atoms with Crippen molar-refractivity contribution in [1.29, 1.82) is 0 Å². The first-order valence-corrected chi connectivity index (χ1v) is 12.8. The van der Waals surface area contributed by atoms with Gasteiger partial charge in [-0.3, -0.25) is 14.4 Å². The number of rotatable bonds is 7. The SMILES string of the molecule is CC(=O)[C@@]1(OC(=O)CCCCCO)CC[C@H]2[C@@H]3CCC4=CC(=O)CC[C@]4(C)[C@H]3CC[C@@]21C. The van der Waals surface area contributed by atoms with Gasteiger partial charge < -0.3 is 9.84 Å². The summed E-state index contributed by atoms with van der Waals surface area (Å²) in [4.78, 5) is 37.9. The van der Waals surface area contributed by atoms with Crippen molar-refractivity contribution in [2.75, 3.05) is 6.61 Å². The number of hydrogen-bond donors (Lipinski definition) is 1. The Morgan fingerprint density at radius 2 is 1.78 bits per heavy atom. The summed E-state index contributed by atoms with van der Waals surface area (Å²) in [6, 6.07) is 0. The van der Waals surface area contributed by atoms with E-state index in [-0.39, 0.29) is 35.0 Å². The number of carbonyl (C=O) groups excluding carboxylic acids is 3. The van der Waals surface area contributed by atoms with Crippen LogP contribution in [0.15, 0.2) is 11.6 Å². The highest BCUT2D eigenvalue weighted by molar-refractivity contribution is 5.91. The summed E-state index contributed by atoms with van der Waals surface area (Å²) in [5.41, 5.74) is 0.131. The lowest BCUT2D eigenvalue weighted by atomic mass is 9.46. The molecule has 1 N–H and O–H groups in total. The topological polar surface area (TPSA) is 80.7 Å². The molecule has 0 aliphatic heterocycles. The zero-order valence-electron chi connectivity index (χ0n) is 20.1. The van der Waals surface area contributed by atoms with Gasteiger partial charge in [0.1, 0.15) is 0 Å². The number of carbonyl (C=O) groups is 3. The monoisotopic (exact) mass is 444 g/mol. The number of allylic oxidation sites excluding steroid dienone is 1. The molecule has 32 heavy (non-hydrogen) atoms. The van der Waals surface area contributed by atoms with Gasteiger partial charge in [-0.15, -0.1) is 0 Å². The van der Waals surface area contributed by atoms with E-state index in [9.17, 15) is 14.4 Å². The largest absolute Gasteiger partial charge is 0.450 e. The smallest absolute Gasteiger partial charge is 0.306 e. The van der Waals surface area contributed by atoms with Crippen LogP contribution >= 0.6 is 0 Å². The van der Waals surface area contributed by atoms with Crippen molar-refractivity contribution in [2.45, 2.75) is 103 Å². The molecule has 4 aliphatic rings. The van der Waals surface area contributed by atoms with Crippen molar-refractivity contribution in [3.05, 3.63) is 11.6 Å². The van der Waals surface area contributed by atoms with Crippen LogP contribution in [0.2, 0.25) is 0 Å². The molecule has 3 saturated carbocycles. The normalized spacial score (nSPS) is 40.7. The molecule has 0 bridgehead atoms. The van der Waals surface area contributed by atoms with Gasteiger partial charge in [-0.25, -0.2) is 0 Å². The Hall–Kier alpha value is -1.49. The molecule has 0 heterocycles. The summed E-state index contributed by atoms with van der Waals surface area (Å²) >= 11 is 0. The average molecular weight is 445 g/mol. The van der Waals surface area contributed by atoms with Crippen molar-refractivity contribution in [3.63, 3.8) is 0 Å². The highest BCUT2D eigenvalue weighted by Crippen LogP contribution is 2.68. The van der Waals surface area contributed by atoms with Gasteiger partial charge in [0.05, 0.1) is 0 Å². The predicted molar refractivity (Wildman–Crippen MR) is 122 cm³/mol. The zero-order chi connectivity index (χ0) is 23.1. The van der Waals surface area contributed by atoms with Crippen molar-refractivity contribution in [2.24, 2.45) is 28.6 Å². The van der Waals surface area contributed by atoms with Crippen molar-refractivity contribution in [1.82, 2.24) is 0 Å². The molecule has 4 rings (SSSR count). The molecule has 0 aromatic carbocycles. The van der Waals surface area contributed by atoms with Gasteiger partial charge in [0, 0.05) is 24.9 Å². The maximum Gasteiger partial charge on any atom is 0.306 e. The number of fused-ring (bicyclic) bond motifs is 5. The number of unbranched alkanes of at least 4 members (excludes halogenated alkanes) is 2. The molecule has 5 heteroatoms. The predicted octanol–water partition coefficient (Wildman–Crippen LogP) is 4.94. The molecule has 6 atom stereocenters. The minimum absolute atomic E-state index is 0.00414. The summed E-state index contributed by atoms with van der Waals surface area (Å²) in [6.45, 7) is 6.32. The number of hydrogen-bond acceptors (Lipinski definition) is 5. The van der Waals surface area contributed by atoms with Crippen molar-refractivity contribution >= 4 is 17.5 Å². The molecule has 178 valence electrons. The first-order valence-electron chi connectivity index (χ1n) is 12.8. The van der Waals surface area contributed by atoms with Crippen LogP contribution in [0.4, 0.5) is 0 Å². The molecule has 5 nitrogen and oxygen atoms in total. The van der Waals surface area contributed by atoms with Gasteiger partial charge in [0.25, 0.3) is 0 Å². The molecular formula is C27H40O5. The summed E-state index contributed by atoms with van der Waals surface area (Å²) < 4.78 is 6.13. The molecule has 0 aromatic heterocycles. The van der Waals surface area contributed by atoms with E-state index in [0.717, 1.165) is 44.9 Å². The van der Waals surface area contributed by atoms with Crippen LogP contribution in [-0.4, -0.2) is 34.9 Å². The second-order valence-corrected chi connectivity index (χ2v) is 11.4. The van der Waals surface area contributed by atoms with E-state index < -0.39 is 5.60 Å². The molecule has 0 aromatic rings. The molecule has 0 amide bonds. The van der Waals surface area contributed by atoms with Crippen molar-refractivity contribution < 1.29 is 24.2 Å². The van der Waals surface area contributed by atoms with E-state index in [2.05, 4.69) is 13.8 Å². The van der Waals surface area contributed by atoms with Crippen LogP contribution in [0.25, 0.3) is 0 Å². The Balaban J connectivity index is 1.56. The number of Topliss-reactive ketones (excluding diaryl/α,β-unsaturated/α-hetero) is 1. The molecular weight excluding hydrogens is 404 g/mol. The number of aliphatic hydroxyl groups excluding tert-OH is 1. The highest BCUT2D eigenvalue weighted by Gasteiger charge is 2.67. The van der Waals surface area contributed by atoms with Gasteiger partial charge in [0.15, 0.2) is 17.2 Å². The van der Waals surface area contributed by atoms with Gasteiger partial charge in [-0.2, -0.15) is 0 Å². The fourth-order valence-electron chi connectivity index (χ4n) is 8.18. The standard InChI is InChI=1S/C27H40O5/c1-18(29)27(32-24(31)7-5-4-6-16-28)15-12-23-21-9-8-19-17-20(30)10-13-25(19,2)22(21)11-14-26(23,27)3/h17,21-23,28H,4-16H2,1-3H3/t21-,22+,23+,25+,26+,27+/m1/s1. The Morgan fingerprint density at radius 1 is 1.03 bits per heavy atom. The molecule has 0 saturated heterocycles. The van der Waals surface area contributed by atoms with Crippen LogP contribution < -0.4 is 0 Å². The van der Waals surface area contributed by atoms with Crippen LogP contribution in [0.5, 0.6) is 0 Å². The molecule has 3 fully saturated rings. The lowest BCUT2D eigenvalue weighted by molar-refractivity contribution is -0.189. The minimum atomic E-state index is -1.00. The zero-order valence-corrected chi connectivity index (χ0v) is 20.1. The molecule has 0 unspecified atom stereocenters. The second kappa shape index (κ2) is 8.70. The fourth-order valence-corrected chi connectivity index (χ4v) is 8.18. The first-order chi connectivity index (χ1) is 15.2. The minimum Gasteiger partial charge on any atom is -0.450 e. The van der Waals surface area contributed by atoms with E-state index in [4.69, 9.17) is 9.84 Å². The Bertz CT molecular complexity index is 815. The summed E-state index contributed by atoms with van der Waals surface area (Å²) in [7, 11) is 0. The lowest BCUT2D eigenvalue weighted by Crippen LogP contribution is -2.58. The fraction of sp³-hybridized carbons (Fsp3) is 0.815. The summed E-state index contributed by atoms with van der Waals surface area (Å²) in [6.07, 6.45) is 11.5. The second-order valence-electron chi connectivity index (χ2n) is 11.4. The van der Waals surface area contributed by atoms with Crippen LogP contribution in [0.1, 0.15) is 97.8 Å². The third-order valence-corrected chi connectivity index (χ3v) is 9.98. The van der Waals surface area contributed by atoms with E-state index in [0.29, 0.717) is 49.9 Å². The number of ether oxygens (including phenoxy) is 1. The van der Waals surface area contributed by atoms with Gasteiger partial charge >= 0.3 is 5.97 Å². The van der Waals surface area contributed by atoms with Crippen LogP contribution in [0, 0.1) is 28.6 Å². The van der Waals surface area contributed by atoms with E-state index in [1.54, 1.807) is 6.92 Å². The maximum absolute atomic E-state index is 13.1. The van der Waals surface area contributed by atoms with Gasteiger partial charge in [-0.05, 0) is 94.0 Å². The third-order valence-electron chi connectivity index (χ3n) is 9.98. The number of esters is 1.